The second-order valence-corrected chi connectivity index (χ2v) is 6.28. The number of hydrogen-bond donors (Lipinski definition) is 2. The van der Waals surface area contributed by atoms with Crippen LogP contribution in [0.1, 0.15) is 54.8 Å². The number of anilines is 1. The maximum atomic E-state index is 12.4. The van der Waals surface area contributed by atoms with Gasteiger partial charge in [-0.2, -0.15) is 0 Å². The third kappa shape index (κ3) is 3.70. The van der Waals surface area contributed by atoms with E-state index < -0.39 is 0 Å². The Morgan fingerprint density at radius 2 is 1.78 bits per heavy atom. The van der Waals surface area contributed by atoms with E-state index in [4.69, 9.17) is 0 Å². The largest absolute Gasteiger partial charge is 0.335 e. The lowest BCUT2D eigenvalue weighted by Crippen LogP contribution is -2.35. The van der Waals surface area contributed by atoms with Gasteiger partial charge in [-0.3, -0.25) is 14.5 Å². The number of carbonyl (C=O) groups excluding carboxylic acids is 3. The van der Waals surface area contributed by atoms with E-state index in [1.54, 1.807) is 18.2 Å². The van der Waals surface area contributed by atoms with Crippen molar-refractivity contribution in [2.24, 2.45) is 5.92 Å². The first kappa shape index (κ1) is 17.0. The summed E-state index contributed by atoms with van der Waals surface area (Å²) in [4.78, 5) is 37.8. The summed E-state index contributed by atoms with van der Waals surface area (Å²) in [6.45, 7) is 8.19. The molecule has 6 heteroatoms. The predicted octanol–water partition coefficient (Wildman–Crippen LogP) is 2.86. The van der Waals surface area contributed by atoms with Gasteiger partial charge in [-0.1, -0.05) is 20.8 Å². The molecule has 6 nitrogen and oxygen atoms in total. The Balaban J connectivity index is 2.15. The van der Waals surface area contributed by atoms with Crippen LogP contribution in [0.15, 0.2) is 18.2 Å². The number of imide groups is 1. The SMILES string of the molecule is CCC(C)NC(=O)Nc1ccc2c(c1)C(=O)N(CC(C)C)C2=O. The molecule has 0 aliphatic carbocycles. The number of fused-ring (bicyclic) bond motifs is 1. The number of benzene rings is 1. The van der Waals surface area contributed by atoms with Gasteiger partial charge in [0.25, 0.3) is 11.8 Å². The minimum atomic E-state index is -0.324. The Morgan fingerprint density at radius 3 is 2.39 bits per heavy atom. The van der Waals surface area contributed by atoms with E-state index in [1.165, 1.54) is 4.90 Å². The molecular weight excluding hydrogens is 294 g/mol. The van der Waals surface area contributed by atoms with Crippen molar-refractivity contribution >= 4 is 23.5 Å². The lowest BCUT2D eigenvalue weighted by molar-refractivity contribution is 0.0636. The first-order chi connectivity index (χ1) is 10.8. The first-order valence-corrected chi connectivity index (χ1v) is 7.91. The molecule has 0 radical (unpaired) electrons. The fourth-order valence-corrected chi connectivity index (χ4v) is 2.39. The molecule has 1 atom stereocenters. The van der Waals surface area contributed by atoms with E-state index in [2.05, 4.69) is 10.6 Å². The van der Waals surface area contributed by atoms with Crippen molar-refractivity contribution < 1.29 is 14.4 Å². The number of carbonyl (C=O) groups is 3. The zero-order chi connectivity index (χ0) is 17.1. The number of amides is 4. The van der Waals surface area contributed by atoms with E-state index in [0.717, 1.165) is 6.42 Å². The van der Waals surface area contributed by atoms with Gasteiger partial charge in [0.2, 0.25) is 0 Å². The van der Waals surface area contributed by atoms with Crippen LogP contribution < -0.4 is 10.6 Å². The molecular formula is C17H23N3O3. The average Bonchev–Trinajstić information content (AvgIpc) is 2.71. The molecule has 4 amide bonds. The zero-order valence-corrected chi connectivity index (χ0v) is 14.0. The molecule has 2 rings (SSSR count). The van der Waals surface area contributed by atoms with Crippen LogP contribution in [0.5, 0.6) is 0 Å². The summed E-state index contributed by atoms with van der Waals surface area (Å²) in [5.74, 6) is -0.366. The van der Waals surface area contributed by atoms with E-state index in [1.807, 2.05) is 27.7 Å². The minimum Gasteiger partial charge on any atom is -0.335 e. The number of rotatable bonds is 5. The highest BCUT2D eigenvalue weighted by Gasteiger charge is 2.35. The molecule has 1 unspecified atom stereocenters. The Morgan fingerprint density at radius 1 is 1.13 bits per heavy atom. The van der Waals surface area contributed by atoms with Gasteiger partial charge < -0.3 is 10.6 Å². The van der Waals surface area contributed by atoms with Crippen LogP contribution in [0.4, 0.5) is 10.5 Å². The predicted molar refractivity (Wildman–Crippen MR) is 88.6 cm³/mol. The summed E-state index contributed by atoms with van der Waals surface area (Å²) in [7, 11) is 0. The second kappa shape index (κ2) is 6.81. The van der Waals surface area contributed by atoms with Crippen molar-refractivity contribution in [3.63, 3.8) is 0 Å². The van der Waals surface area contributed by atoms with Gasteiger partial charge >= 0.3 is 6.03 Å². The van der Waals surface area contributed by atoms with E-state index >= 15 is 0 Å². The maximum Gasteiger partial charge on any atom is 0.319 e. The maximum absolute atomic E-state index is 12.4. The highest BCUT2D eigenvalue weighted by atomic mass is 16.2. The number of nitrogens with one attached hydrogen (secondary N) is 2. The molecule has 0 bridgehead atoms. The number of nitrogens with zero attached hydrogens (tertiary/aromatic N) is 1. The van der Waals surface area contributed by atoms with Crippen LogP contribution in [0, 0.1) is 5.92 Å². The number of urea groups is 1. The summed E-state index contributed by atoms with van der Waals surface area (Å²) >= 11 is 0. The Bertz CT molecular complexity index is 640. The first-order valence-electron chi connectivity index (χ1n) is 7.91. The topological polar surface area (TPSA) is 78.5 Å². The average molecular weight is 317 g/mol. The molecule has 1 aliphatic heterocycles. The van der Waals surface area contributed by atoms with Crippen LogP contribution in [0.3, 0.4) is 0 Å². The number of hydrogen-bond acceptors (Lipinski definition) is 3. The quantitative estimate of drug-likeness (QED) is 0.820. The van der Waals surface area contributed by atoms with Gasteiger partial charge in [-0.05, 0) is 37.5 Å². The van der Waals surface area contributed by atoms with Gasteiger partial charge in [-0.25, -0.2) is 4.79 Å². The molecule has 1 heterocycles. The van der Waals surface area contributed by atoms with Gasteiger partial charge in [0.15, 0.2) is 0 Å². The highest BCUT2D eigenvalue weighted by molar-refractivity contribution is 6.21. The van der Waals surface area contributed by atoms with Crippen molar-refractivity contribution in [1.82, 2.24) is 10.2 Å². The van der Waals surface area contributed by atoms with Gasteiger partial charge in [0.1, 0.15) is 0 Å². The molecule has 0 aromatic heterocycles. The molecule has 0 fully saturated rings. The normalized spacial score (nSPS) is 14.9. The summed E-state index contributed by atoms with van der Waals surface area (Å²) in [6, 6.07) is 4.53. The molecule has 23 heavy (non-hydrogen) atoms. The molecule has 0 saturated carbocycles. The van der Waals surface area contributed by atoms with Crippen LogP contribution in [-0.2, 0) is 0 Å². The molecule has 2 N–H and O–H groups in total. The Hall–Kier alpha value is -2.37. The summed E-state index contributed by atoms with van der Waals surface area (Å²) in [5.41, 5.74) is 1.23. The van der Waals surface area contributed by atoms with Crippen LogP contribution >= 0.6 is 0 Å². The van der Waals surface area contributed by atoms with Crippen molar-refractivity contribution in [2.45, 2.75) is 40.2 Å². The van der Waals surface area contributed by atoms with Crippen molar-refractivity contribution in [1.29, 1.82) is 0 Å². The molecule has 1 aromatic rings. The van der Waals surface area contributed by atoms with Crippen LogP contribution in [-0.4, -0.2) is 35.3 Å². The fraction of sp³-hybridized carbons (Fsp3) is 0.471. The minimum absolute atomic E-state index is 0.0640. The van der Waals surface area contributed by atoms with Crippen molar-refractivity contribution in [3.05, 3.63) is 29.3 Å². The van der Waals surface area contributed by atoms with Crippen molar-refractivity contribution in [3.8, 4) is 0 Å². The summed E-state index contributed by atoms with van der Waals surface area (Å²) in [6.07, 6.45) is 0.828. The molecule has 1 aliphatic rings. The standard InChI is InChI=1S/C17H23N3O3/c1-5-11(4)18-17(23)19-12-6-7-13-14(8-12)16(22)20(15(13)21)9-10(2)3/h6-8,10-11H,5,9H2,1-4H3,(H2,18,19,23). The zero-order valence-electron chi connectivity index (χ0n) is 14.0. The van der Waals surface area contributed by atoms with E-state index in [-0.39, 0.29) is 29.8 Å². The van der Waals surface area contributed by atoms with Crippen LogP contribution in [0.2, 0.25) is 0 Å². The molecule has 0 spiro atoms. The summed E-state index contributed by atoms with van der Waals surface area (Å²) < 4.78 is 0. The van der Waals surface area contributed by atoms with Gasteiger partial charge in [0.05, 0.1) is 11.1 Å². The highest BCUT2D eigenvalue weighted by Crippen LogP contribution is 2.26. The fourth-order valence-electron chi connectivity index (χ4n) is 2.39. The Labute approximate surface area is 136 Å². The summed E-state index contributed by atoms with van der Waals surface area (Å²) in [5, 5.41) is 5.48. The third-order valence-electron chi connectivity index (χ3n) is 3.77. The van der Waals surface area contributed by atoms with Crippen molar-refractivity contribution in [2.75, 3.05) is 11.9 Å². The molecule has 0 saturated heterocycles. The van der Waals surface area contributed by atoms with E-state index in [9.17, 15) is 14.4 Å². The molecule has 1 aromatic carbocycles. The van der Waals surface area contributed by atoms with Gasteiger partial charge in [0, 0.05) is 18.3 Å². The van der Waals surface area contributed by atoms with E-state index in [0.29, 0.717) is 23.4 Å². The Kier molecular flexibility index (Phi) is 5.03. The lowest BCUT2D eigenvalue weighted by Gasteiger charge is -2.15. The third-order valence-corrected chi connectivity index (χ3v) is 3.77. The second-order valence-electron chi connectivity index (χ2n) is 6.28. The van der Waals surface area contributed by atoms with Crippen LogP contribution in [0.25, 0.3) is 0 Å². The monoisotopic (exact) mass is 317 g/mol. The van der Waals surface area contributed by atoms with Gasteiger partial charge in [-0.15, -0.1) is 0 Å². The smallest absolute Gasteiger partial charge is 0.319 e. The molecule has 124 valence electrons. The lowest BCUT2D eigenvalue weighted by atomic mass is 10.1.